The number of ether oxygens (including phenoxy) is 5. The molecule has 0 N–H and O–H groups in total. The third-order valence-electron chi connectivity index (χ3n) is 12.1. The number of rotatable bonds is 8. The molecule has 1 aliphatic carbocycles. The Bertz CT molecular complexity index is 2780. The van der Waals surface area contributed by atoms with Gasteiger partial charge < -0.3 is 23.7 Å². The molecule has 56 heavy (non-hydrogen) atoms. The van der Waals surface area contributed by atoms with Crippen LogP contribution in [0.4, 0.5) is 0 Å². The summed E-state index contributed by atoms with van der Waals surface area (Å²) in [6.07, 6.45) is 4.49. The lowest BCUT2D eigenvalue weighted by molar-refractivity contribution is 0.163. The molecule has 0 amide bonds. The van der Waals surface area contributed by atoms with Gasteiger partial charge in [0.15, 0.2) is 5.60 Å². The molecule has 8 aromatic carbocycles. The number of hydrogen-bond donors (Lipinski definition) is 0. The topological polar surface area (TPSA) is 46.2 Å². The van der Waals surface area contributed by atoms with Gasteiger partial charge in [0.2, 0.25) is 0 Å². The largest absolute Gasteiger partial charge is 0.497 e. The molecule has 5 heteroatoms. The van der Waals surface area contributed by atoms with E-state index in [1.54, 1.807) is 28.4 Å². The summed E-state index contributed by atoms with van der Waals surface area (Å²) in [5.74, 6) is 3.89. The minimum atomic E-state index is -0.988. The fourth-order valence-electron chi connectivity index (χ4n) is 9.40. The summed E-state index contributed by atoms with van der Waals surface area (Å²) in [5, 5.41) is 6.99. The highest BCUT2D eigenvalue weighted by Crippen LogP contribution is 2.60. The zero-order valence-electron chi connectivity index (χ0n) is 32.0. The van der Waals surface area contributed by atoms with Gasteiger partial charge in [-0.05, 0) is 122 Å². The molecule has 10 rings (SSSR count). The first-order valence-corrected chi connectivity index (χ1v) is 18.9. The molecular weight excluding hydrogens is 693 g/mol. The fraction of sp³-hybridized carbons (Fsp3) is 0.137. The van der Waals surface area contributed by atoms with Crippen LogP contribution in [-0.2, 0) is 11.0 Å². The molecule has 2 aliphatic rings. The third kappa shape index (κ3) is 4.67. The van der Waals surface area contributed by atoms with Crippen molar-refractivity contribution >= 4 is 38.4 Å². The van der Waals surface area contributed by atoms with E-state index in [1.807, 2.05) is 30.3 Å². The van der Waals surface area contributed by atoms with Crippen LogP contribution in [0.25, 0.3) is 38.4 Å². The highest BCUT2D eigenvalue weighted by molar-refractivity contribution is 6.16. The molecule has 0 saturated carbocycles. The molecule has 0 aromatic heterocycles. The first-order valence-electron chi connectivity index (χ1n) is 18.9. The Hall–Kier alpha value is -6.72. The molecule has 0 spiro atoms. The van der Waals surface area contributed by atoms with Crippen molar-refractivity contribution in [3.8, 4) is 28.7 Å². The summed E-state index contributed by atoms with van der Waals surface area (Å²) >= 11 is 0. The molecular formula is C51H40O5. The average Bonchev–Trinajstić information content (AvgIpc) is 3.57. The van der Waals surface area contributed by atoms with Gasteiger partial charge in [-0.3, -0.25) is 0 Å². The zero-order valence-corrected chi connectivity index (χ0v) is 32.0. The van der Waals surface area contributed by atoms with Crippen LogP contribution in [0.15, 0.2) is 146 Å². The van der Waals surface area contributed by atoms with E-state index in [0.29, 0.717) is 0 Å². The second-order valence-corrected chi connectivity index (χ2v) is 14.7. The molecule has 274 valence electrons. The standard InChI is InChI=1S/C51H40O5/c1-31-12-20-40(55-5)30-45(31)51(43-10-6-8-32-13-14-33-9-7-11-44(51)48(33)47(32)43)46-28-34-15-21-39(54-4)29-42(34)49-41(46)26-27-50(56-49,35-16-22-37(52-2)23-17-35)36-18-24-38(53-3)25-19-36/h6-30H,1-5H3. The van der Waals surface area contributed by atoms with E-state index < -0.39 is 11.0 Å². The van der Waals surface area contributed by atoms with Crippen molar-refractivity contribution in [1.29, 1.82) is 0 Å². The molecule has 1 heterocycles. The number of hydrogen-bond acceptors (Lipinski definition) is 5. The minimum Gasteiger partial charge on any atom is -0.497 e. The molecule has 0 atom stereocenters. The summed E-state index contributed by atoms with van der Waals surface area (Å²) < 4.78 is 30.7. The van der Waals surface area contributed by atoms with Crippen LogP contribution < -0.4 is 23.7 Å². The smallest absolute Gasteiger partial charge is 0.178 e. The van der Waals surface area contributed by atoms with Gasteiger partial charge in [0, 0.05) is 22.1 Å². The minimum absolute atomic E-state index is 0.729. The summed E-state index contributed by atoms with van der Waals surface area (Å²) in [4.78, 5) is 0. The van der Waals surface area contributed by atoms with E-state index in [2.05, 4.69) is 128 Å². The van der Waals surface area contributed by atoms with Gasteiger partial charge in [0.25, 0.3) is 0 Å². The lowest BCUT2D eigenvalue weighted by Crippen LogP contribution is -2.36. The first-order chi connectivity index (χ1) is 27.4. The van der Waals surface area contributed by atoms with Gasteiger partial charge in [-0.2, -0.15) is 0 Å². The number of aryl methyl sites for hydroxylation is 1. The number of fused-ring (bicyclic) bond motifs is 3. The van der Waals surface area contributed by atoms with E-state index >= 15 is 0 Å². The average molecular weight is 733 g/mol. The van der Waals surface area contributed by atoms with Crippen LogP contribution >= 0.6 is 0 Å². The van der Waals surface area contributed by atoms with Crippen molar-refractivity contribution in [3.05, 3.63) is 190 Å². The number of benzene rings is 8. The predicted molar refractivity (Wildman–Crippen MR) is 225 cm³/mol. The maximum Gasteiger partial charge on any atom is 0.178 e. The van der Waals surface area contributed by atoms with Crippen molar-refractivity contribution < 1.29 is 23.7 Å². The van der Waals surface area contributed by atoms with Crippen molar-refractivity contribution in [2.24, 2.45) is 0 Å². The Morgan fingerprint density at radius 3 is 1.55 bits per heavy atom. The van der Waals surface area contributed by atoms with Gasteiger partial charge in [-0.15, -0.1) is 0 Å². The normalized spacial score (nSPS) is 14.5. The summed E-state index contributed by atoms with van der Waals surface area (Å²) in [7, 11) is 6.82. The SMILES string of the molecule is COc1ccc(C2(c3ccc(OC)cc3)C=Cc3c(C4(c5cc(OC)ccc5C)c5cccc6ccc7cccc4c7c56)cc4ccc(OC)cc4c3O2)cc1. The van der Waals surface area contributed by atoms with E-state index in [0.717, 1.165) is 61.8 Å². The van der Waals surface area contributed by atoms with Crippen LogP contribution in [0.2, 0.25) is 0 Å². The van der Waals surface area contributed by atoms with Gasteiger partial charge >= 0.3 is 0 Å². The molecule has 0 saturated heterocycles. The quantitative estimate of drug-likeness (QED) is 0.146. The van der Waals surface area contributed by atoms with Crippen LogP contribution in [-0.4, -0.2) is 28.4 Å². The van der Waals surface area contributed by atoms with Gasteiger partial charge in [0.1, 0.15) is 28.7 Å². The zero-order chi connectivity index (χ0) is 38.2. The molecule has 0 radical (unpaired) electrons. The second-order valence-electron chi connectivity index (χ2n) is 14.7. The number of methoxy groups -OCH3 is 4. The van der Waals surface area contributed by atoms with E-state index in [4.69, 9.17) is 23.7 Å². The van der Waals surface area contributed by atoms with Crippen LogP contribution in [0.3, 0.4) is 0 Å². The summed E-state index contributed by atoms with van der Waals surface area (Å²) in [6, 6.07) is 49.4. The van der Waals surface area contributed by atoms with Crippen molar-refractivity contribution in [2.75, 3.05) is 28.4 Å². The maximum absolute atomic E-state index is 7.68. The van der Waals surface area contributed by atoms with Crippen molar-refractivity contribution in [3.63, 3.8) is 0 Å². The molecule has 5 nitrogen and oxygen atoms in total. The van der Waals surface area contributed by atoms with E-state index in [-0.39, 0.29) is 0 Å². The Kier molecular flexibility index (Phi) is 7.65. The fourth-order valence-corrected chi connectivity index (χ4v) is 9.40. The third-order valence-corrected chi connectivity index (χ3v) is 12.1. The second kappa shape index (κ2) is 12.7. The molecule has 1 aliphatic heterocycles. The van der Waals surface area contributed by atoms with Gasteiger partial charge in [-0.25, -0.2) is 0 Å². The highest BCUT2D eigenvalue weighted by atomic mass is 16.5. The highest BCUT2D eigenvalue weighted by Gasteiger charge is 2.49. The first kappa shape index (κ1) is 33.8. The Morgan fingerprint density at radius 1 is 0.464 bits per heavy atom. The lowest BCUT2D eigenvalue weighted by Gasteiger charge is -2.41. The van der Waals surface area contributed by atoms with Crippen LogP contribution in [0.5, 0.6) is 28.7 Å². The van der Waals surface area contributed by atoms with E-state index in [9.17, 15) is 0 Å². The molecule has 0 bridgehead atoms. The Labute approximate surface area is 326 Å². The van der Waals surface area contributed by atoms with Gasteiger partial charge in [0.05, 0.1) is 33.9 Å². The molecule has 0 unspecified atom stereocenters. The predicted octanol–water partition coefficient (Wildman–Crippen LogP) is 11.5. The van der Waals surface area contributed by atoms with Crippen LogP contribution in [0, 0.1) is 6.92 Å². The summed E-state index contributed by atoms with van der Waals surface area (Å²) in [5.41, 5.74) is 7.17. The van der Waals surface area contributed by atoms with Crippen molar-refractivity contribution in [2.45, 2.75) is 17.9 Å². The Balaban J connectivity index is 1.35. The monoisotopic (exact) mass is 732 g/mol. The van der Waals surface area contributed by atoms with Gasteiger partial charge in [-0.1, -0.05) is 91.0 Å². The van der Waals surface area contributed by atoms with Crippen LogP contribution in [0.1, 0.15) is 44.5 Å². The summed E-state index contributed by atoms with van der Waals surface area (Å²) in [6.45, 7) is 2.21. The molecule has 0 fully saturated rings. The maximum atomic E-state index is 7.68. The van der Waals surface area contributed by atoms with E-state index in [1.165, 1.54) is 43.8 Å². The Morgan fingerprint density at radius 2 is 0.982 bits per heavy atom. The molecule has 8 aromatic rings. The lowest BCUT2D eigenvalue weighted by atomic mass is 9.64. The van der Waals surface area contributed by atoms with Crippen molar-refractivity contribution in [1.82, 2.24) is 0 Å².